The minimum Gasteiger partial charge on any atom is -0.459 e. The van der Waals surface area contributed by atoms with Crippen molar-refractivity contribution in [1.29, 1.82) is 0 Å². The fourth-order valence-corrected chi connectivity index (χ4v) is 2.72. The summed E-state index contributed by atoms with van der Waals surface area (Å²) in [6, 6.07) is 8.61. The van der Waals surface area contributed by atoms with Gasteiger partial charge in [-0.3, -0.25) is 4.79 Å². The summed E-state index contributed by atoms with van der Waals surface area (Å²) in [7, 11) is 0. The van der Waals surface area contributed by atoms with Crippen molar-refractivity contribution in [3.8, 4) is 0 Å². The summed E-state index contributed by atoms with van der Waals surface area (Å²) < 4.78 is 4.76. The zero-order valence-electron chi connectivity index (χ0n) is 12.8. The zero-order valence-corrected chi connectivity index (χ0v) is 12.8. The molecule has 1 saturated heterocycles. The number of hydrogen-bond donors (Lipinski definition) is 0. The Morgan fingerprint density at radius 3 is 2.38 bits per heavy atom. The average molecular weight is 289 g/mol. The van der Waals surface area contributed by atoms with Gasteiger partial charge in [0.15, 0.2) is 0 Å². The van der Waals surface area contributed by atoms with Crippen molar-refractivity contribution in [2.75, 3.05) is 19.7 Å². The molecule has 1 amide bonds. The third-order valence-corrected chi connectivity index (χ3v) is 4.00. The maximum Gasteiger partial charge on any atom is 0.397 e. The van der Waals surface area contributed by atoms with Crippen LogP contribution in [0.3, 0.4) is 0 Å². The van der Waals surface area contributed by atoms with E-state index in [1.54, 1.807) is 11.8 Å². The molecular weight excluding hydrogens is 266 g/mol. The molecule has 21 heavy (non-hydrogen) atoms. The molecule has 1 aliphatic heterocycles. The smallest absolute Gasteiger partial charge is 0.397 e. The lowest BCUT2D eigenvalue weighted by Crippen LogP contribution is -2.43. The zero-order chi connectivity index (χ0) is 15.2. The number of aryl methyl sites for hydroxylation is 1. The number of esters is 1. The van der Waals surface area contributed by atoms with Gasteiger partial charge in [-0.1, -0.05) is 29.8 Å². The number of nitrogens with zero attached hydrogens (tertiary/aromatic N) is 1. The number of hydrogen-bond acceptors (Lipinski definition) is 3. The molecule has 1 fully saturated rings. The van der Waals surface area contributed by atoms with E-state index in [9.17, 15) is 9.59 Å². The number of amides is 1. The number of ether oxygens (including phenoxy) is 1. The highest BCUT2D eigenvalue weighted by Gasteiger charge is 2.27. The van der Waals surface area contributed by atoms with Crippen LogP contribution in [0.1, 0.15) is 30.9 Å². The molecule has 0 spiro atoms. The Bertz CT molecular complexity index is 487. The van der Waals surface area contributed by atoms with Crippen molar-refractivity contribution in [2.45, 2.75) is 33.1 Å². The molecule has 0 radical (unpaired) electrons. The molecule has 0 N–H and O–H groups in total. The van der Waals surface area contributed by atoms with E-state index in [0.717, 1.165) is 19.3 Å². The van der Waals surface area contributed by atoms with Gasteiger partial charge in [0.05, 0.1) is 6.61 Å². The molecule has 0 aromatic heterocycles. The molecule has 1 aliphatic rings. The van der Waals surface area contributed by atoms with E-state index in [1.165, 1.54) is 11.1 Å². The molecule has 0 bridgehead atoms. The van der Waals surface area contributed by atoms with Crippen molar-refractivity contribution < 1.29 is 14.3 Å². The average Bonchev–Trinajstić information content (AvgIpc) is 2.50. The first-order valence-electron chi connectivity index (χ1n) is 7.61. The molecule has 1 aromatic rings. The van der Waals surface area contributed by atoms with Crippen molar-refractivity contribution in [1.82, 2.24) is 4.90 Å². The van der Waals surface area contributed by atoms with Gasteiger partial charge in [0.25, 0.3) is 0 Å². The lowest BCUT2D eigenvalue weighted by Gasteiger charge is -2.31. The van der Waals surface area contributed by atoms with Gasteiger partial charge in [-0.15, -0.1) is 0 Å². The number of carbonyl (C=O) groups is 2. The Balaban J connectivity index is 1.81. The van der Waals surface area contributed by atoms with Gasteiger partial charge in [0, 0.05) is 13.1 Å². The summed E-state index contributed by atoms with van der Waals surface area (Å²) in [5.41, 5.74) is 2.62. The Kier molecular flexibility index (Phi) is 5.37. The molecule has 4 heteroatoms. The van der Waals surface area contributed by atoms with E-state index < -0.39 is 11.9 Å². The second kappa shape index (κ2) is 7.25. The largest absolute Gasteiger partial charge is 0.459 e. The van der Waals surface area contributed by atoms with Crippen LogP contribution in [0.2, 0.25) is 0 Å². The van der Waals surface area contributed by atoms with Gasteiger partial charge in [-0.25, -0.2) is 4.79 Å². The quantitative estimate of drug-likeness (QED) is 0.634. The molecule has 0 saturated carbocycles. The van der Waals surface area contributed by atoms with Gasteiger partial charge in [-0.2, -0.15) is 0 Å². The third-order valence-electron chi connectivity index (χ3n) is 4.00. The predicted molar refractivity (Wildman–Crippen MR) is 80.8 cm³/mol. The van der Waals surface area contributed by atoms with Gasteiger partial charge in [-0.05, 0) is 44.6 Å². The Morgan fingerprint density at radius 2 is 1.81 bits per heavy atom. The Hall–Kier alpha value is -1.84. The van der Waals surface area contributed by atoms with Gasteiger partial charge in [0.1, 0.15) is 0 Å². The highest BCUT2D eigenvalue weighted by atomic mass is 16.5. The van der Waals surface area contributed by atoms with Crippen LogP contribution < -0.4 is 0 Å². The van der Waals surface area contributed by atoms with Gasteiger partial charge < -0.3 is 9.64 Å². The summed E-state index contributed by atoms with van der Waals surface area (Å²) in [5.74, 6) is -0.640. The highest BCUT2D eigenvalue weighted by molar-refractivity contribution is 6.32. The molecule has 0 unspecified atom stereocenters. The SMILES string of the molecule is CCOC(=O)C(=O)N1CCC(Cc2ccc(C)cc2)CC1. The van der Waals surface area contributed by atoms with E-state index in [4.69, 9.17) is 4.74 Å². The number of likely N-dealkylation sites (tertiary alicyclic amines) is 1. The summed E-state index contributed by atoms with van der Waals surface area (Å²) >= 11 is 0. The highest BCUT2D eigenvalue weighted by Crippen LogP contribution is 2.22. The standard InChI is InChI=1S/C17H23NO3/c1-3-21-17(20)16(19)18-10-8-15(9-11-18)12-14-6-4-13(2)5-7-14/h4-7,15H,3,8-12H2,1-2H3. The van der Waals surface area contributed by atoms with E-state index in [0.29, 0.717) is 19.0 Å². The lowest BCUT2D eigenvalue weighted by molar-refractivity contribution is -0.160. The first-order chi connectivity index (χ1) is 10.1. The van der Waals surface area contributed by atoms with Crippen LogP contribution in [-0.4, -0.2) is 36.5 Å². The number of piperidine rings is 1. The second-order valence-electron chi connectivity index (χ2n) is 5.65. The van der Waals surface area contributed by atoms with Crippen molar-refractivity contribution >= 4 is 11.9 Å². The van der Waals surface area contributed by atoms with E-state index >= 15 is 0 Å². The summed E-state index contributed by atoms with van der Waals surface area (Å²) in [4.78, 5) is 24.9. The van der Waals surface area contributed by atoms with Crippen LogP contribution in [0.4, 0.5) is 0 Å². The lowest BCUT2D eigenvalue weighted by atomic mass is 9.90. The molecule has 0 atom stereocenters. The molecule has 0 aliphatic carbocycles. The topological polar surface area (TPSA) is 46.6 Å². The minimum absolute atomic E-state index is 0.245. The van der Waals surface area contributed by atoms with Crippen LogP contribution >= 0.6 is 0 Å². The molecular formula is C17H23NO3. The fourth-order valence-electron chi connectivity index (χ4n) is 2.72. The first-order valence-corrected chi connectivity index (χ1v) is 7.61. The fraction of sp³-hybridized carbons (Fsp3) is 0.529. The molecule has 114 valence electrons. The normalized spacial score (nSPS) is 15.8. The third kappa shape index (κ3) is 4.31. The van der Waals surface area contributed by atoms with Gasteiger partial charge >= 0.3 is 11.9 Å². The predicted octanol–water partition coefficient (Wildman–Crippen LogP) is 2.34. The molecule has 1 heterocycles. The monoisotopic (exact) mass is 289 g/mol. The first kappa shape index (κ1) is 15.5. The van der Waals surface area contributed by atoms with E-state index in [2.05, 4.69) is 31.2 Å². The Morgan fingerprint density at radius 1 is 1.19 bits per heavy atom. The van der Waals surface area contributed by atoms with E-state index in [-0.39, 0.29) is 6.61 Å². The summed E-state index contributed by atoms with van der Waals surface area (Å²) in [6.07, 6.45) is 2.93. The van der Waals surface area contributed by atoms with Gasteiger partial charge in [0.2, 0.25) is 0 Å². The maximum atomic E-state index is 11.8. The van der Waals surface area contributed by atoms with Crippen molar-refractivity contribution in [3.63, 3.8) is 0 Å². The summed E-state index contributed by atoms with van der Waals surface area (Å²) in [6.45, 7) is 5.33. The van der Waals surface area contributed by atoms with E-state index in [1.807, 2.05) is 0 Å². The van der Waals surface area contributed by atoms with Crippen LogP contribution in [0.15, 0.2) is 24.3 Å². The van der Waals surface area contributed by atoms with Crippen LogP contribution in [0.5, 0.6) is 0 Å². The number of carbonyl (C=O) groups excluding carboxylic acids is 2. The Labute approximate surface area is 126 Å². The van der Waals surface area contributed by atoms with Crippen LogP contribution in [0, 0.1) is 12.8 Å². The second-order valence-corrected chi connectivity index (χ2v) is 5.65. The molecule has 4 nitrogen and oxygen atoms in total. The minimum atomic E-state index is -0.727. The number of benzene rings is 1. The van der Waals surface area contributed by atoms with Crippen LogP contribution in [-0.2, 0) is 20.7 Å². The van der Waals surface area contributed by atoms with Crippen molar-refractivity contribution in [3.05, 3.63) is 35.4 Å². The van der Waals surface area contributed by atoms with Crippen LogP contribution in [0.25, 0.3) is 0 Å². The summed E-state index contributed by atoms with van der Waals surface area (Å²) in [5, 5.41) is 0. The maximum absolute atomic E-state index is 11.8. The van der Waals surface area contributed by atoms with Crippen molar-refractivity contribution in [2.24, 2.45) is 5.92 Å². The molecule has 2 rings (SSSR count). The number of rotatable bonds is 3. The molecule has 1 aromatic carbocycles.